The SMILES string of the molecule is Cc1ccccc1CCNC(=O)CN1C(=O)N[C@](C)(c2ccc3c(c2)OCCO3)C1=O. The monoisotopic (exact) mass is 423 g/mol. The smallest absolute Gasteiger partial charge is 0.325 e. The van der Waals surface area contributed by atoms with Gasteiger partial charge < -0.3 is 20.1 Å². The van der Waals surface area contributed by atoms with Crippen molar-refractivity contribution < 1.29 is 23.9 Å². The van der Waals surface area contributed by atoms with Gasteiger partial charge in [0.05, 0.1) is 0 Å². The fourth-order valence-electron chi connectivity index (χ4n) is 3.82. The molecule has 2 heterocycles. The Labute approximate surface area is 180 Å². The summed E-state index contributed by atoms with van der Waals surface area (Å²) in [5.74, 6) is 0.256. The van der Waals surface area contributed by atoms with Crippen molar-refractivity contribution in [3.05, 3.63) is 59.2 Å². The zero-order valence-corrected chi connectivity index (χ0v) is 17.6. The van der Waals surface area contributed by atoms with Crippen LogP contribution in [0.2, 0.25) is 0 Å². The van der Waals surface area contributed by atoms with Crippen LogP contribution in [0.25, 0.3) is 0 Å². The van der Waals surface area contributed by atoms with Crippen molar-refractivity contribution >= 4 is 17.8 Å². The number of imide groups is 1. The Kier molecular flexibility index (Phi) is 5.54. The average molecular weight is 423 g/mol. The lowest BCUT2D eigenvalue weighted by atomic mass is 9.91. The van der Waals surface area contributed by atoms with E-state index >= 15 is 0 Å². The van der Waals surface area contributed by atoms with Crippen LogP contribution in [0.1, 0.15) is 23.6 Å². The van der Waals surface area contributed by atoms with Crippen LogP contribution in [0.4, 0.5) is 4.79 Å². The highest BCUT2D eigenvalue weighted by atomic mass is 16.6. The molecule has 8 heteroatoms. The first-order valence-electron chi connectivity index (χ1n) is 10.2. The largest absolute Gasteiger partial charge is 0.486 e. The molecular formula is C23H25N3O5. The van der Waals surface area contributed by atoms with Gasteiger partial charge >= 0.3 is 6.03 Å². The van der Waals surface area contributed by atoms with Gasteiger partial charge in [0.25, 0.3) is 5.91 Å². The van der Waals surface area contributed by atoms with Crippen molar-refractivity contribution in [1.29, 1.82) is 0 Å². The number of carbonyl (C=O) groups is 3. The molecule has 2 aromatic rings. The van der Waals surface area contributed by atoms with Crippen molar-refractivity contribution in [3.8, 4) is 11.5 Å². The van der Waals surface area contributed by atoms with E-state index in [9.17, 15) is 14.4 Å². The summed E-state index contributed by atoms with van der Waals surface area (Å²) in [5, 5.41) is 5.49. The lowest BCUT2D eigenvalue weighted by Crippen LogP contribution is -2.43. The molecule has 0 radical (unpaired) electrons. The number of nitrogens with zero attached hydrogens (tertiary/aromatic N) is 1. The maximum Gasteiger partial charge on any atom is 0.325 e. The topological polar surface area (TPSA) is 97.0 Å². The van der Waals surface area contributed by atoms with Gasteiger partial charge in [-0.2, -0.15) is 0 Å². The molecule has 0 saturated carbocycles. The molecule has 8 nitrogen and oxygen atoms in total. The van der Waals surface area contributed by atoms with Crippen molar-refractivity contribution in [2.24, 2.45) is 0 Å². The number of carbonyl (C=O) groups excluding carboxylic acids is 3. The lowest BCUT2D eigenvalue weighted by molar-refractivity contribution is -0.134. The van der Waals surface area contributed by atoms with E-state index < -0.39 is 17.5 Å². The van der Waals surface area contributed by atoms with Gasteiger partial charge in [-0.25, -0.2) is 4.79 Å². The molecule has 0 aromatic heterocycles. The van der Waals surface area contributed by atoms with E-state index in [1.54, 1.807) is 25.1 Å². The predicted molar refractivity (Wildman–Crippen MR) is 113 cm³/mol. The maximum atomic E-state index is 13.1. The Hall–Kier alpha value is -3.55. The van der Waals surface area contributed by atoms with Gasteiger partial charge in [0.2, 0.25) is 5.91 Å². The fraction of sp³-hybridized carbons (Fsp3) is 0.348. The van der Waals surface area contributed by atoms with Crippen LogP contribution in [-0.4, -0.2) is 49.0 Å². The van der Waals surface area contributed by atoms with Crippen LogP contribution in [0.15, 0.2) is 42.5 Å². The van der Waals surface area contributed by atoms with Crippen molar-refractivity contribution in [3.63, 3.8) is 0 Å². The van der Waals surface area contributed by atoms with E-state index in [-0.39, 0.29) is 12.5 Å². The second kappa shape index (κ2) is 8.29. The van der Waals surface area contributed by atoms with Crippen molar-refractivity contribution in [1.82, 2.24) is 15.5 Å². The Balaban J connectivity index is 1.40. The first-order valence-corrected chi connectivity index (χ1v) is 10.2. The number of amides is 4. The van der Waals surface area contributed by atoms with Gasteiger partial charge in [0.15, 0.2) is 11.5 Å². The summed E-state index contributed by atoms with van der Waals surface area (Å²) in [4.78, 5) is 38.9. The zero-order chi connectivity index (χ0) is 22.0. The van der Waals surface area contributed by atoms with Gasteiger partial charge in [0.1, 0.15) is 25.3 Å². The van der Waals surface area contributed by atoms with Gasteiger partial charge in [-0.15, -0.1) is 0 Å². The minimum absolute atomic E-state index is 0.335. The van der Waals surface area contributed by atoms with Crippen molar-refractivity contribution in [2.75, 3.05) is 26.3 Å². The Morgan fingerprint density at radius 2 is 1.87 bits per heavy atom. The van der Waals surface area contributed by atoms with Crippen LogP contribution in [0.5, 0.6) is 11.5 Å². The fourth-order valence-corrected chi connectivity index (χ4v) is 3.82. The van der Waals surface area contributed by atoms with Gasteiger partial charge in [-0.1, -0.05) is 30.3 Å². The molecule has 1 saturated heterocycles. The molecule has 1 fully saturated rings. The molecule has 4 amide bonds. The standard InChI is InChI=1S/C23H25N3O5/c1-15-5-3-4-6-16(15)9-10-24-20(27)14-26-21(28)23(2,25-22(26)29)17-7-8-18-19(13-17)31-12-11-30-18/h3-8,13H,9-12,14H2,1-2H3,(H,24,27)(H,25,29)/t23-/m1/s1. The summed E-state index contributed by atoms with van der Waals surface area (Å²) in [5.41, 5.74) is 1.58. The van der Waals surface area contributed by atoms with Crippen LogP contribution < -0.4 is 20.1 Å². The molecular weight excluding hydrogens is 398 g/mol. The molecule has 0 spiro atoms. The number of fused-ring (bicyclic) bond motifs is 1. The molecule has 0 unspecified atom stereocenters. The highest BCUT2D eigenvalue weighted by molar-refractivity contribution is 6.09. The number of nitrogens with one attached hydrogen (secondary N) is 2. The number of hydrogen-bond donors (Lipinski definition) is 2. The molecule has 162 valence electrons. The normalized spacial score (nSPS) is 19.9. The quantitative estimate of drug-likeness (QED) is 0.692. The summed E-state index contributed by atoms with van der Waals surface area (Å²) in [7, 11) is 0. The highest BCUT2D eigenvalue weighted by Crippen LogP contribution is 2.36. The lowest BCUT2D eigenvalue weighted by Gasteiger charge is -2.25. The first kappa shape index (κ1) is 20.7. The first-order chi connectivity index (χ1) is 14.9. The summed E-state index contributed by atoms with van der Waals surface area (Å²) in [6, 6.07) is 12.5. The van der Waals surface area contributed by atoms with E-state index in [4.69, 9.17) is 9.47 Å². The average Bonchev–Trinajstić information content (AvgIpc) is 2.98. The molecule has 2 aromatic carbocycles. The van der Waals surface area contributed by atoms with E-state index in [0.29, 0.717) is 43.2 Å². The third-order valence-corrected chi connectivity index (χ3v) is 5.67. The number of aryl methyl sites for hydroxylation is 1. The number of benzene rings is 2. The molecule has 4 rings (SSSR count). The Morgan fingerprint density at radius 3 is 2.65 bits per heavy atom. The summed E-state index contributed by atoms with van der Waals surface area (Å²) >= 11 is 0. The third-order valence-electron chi connectivity index (χ3n) is 5.67. The van der Waals surface area contributed by atoms with E-state index in [1.165, 1.54) is 0 Å². The predicted octanol–water partition coefficient (Wildman–Crippen LogP) is 1.89. The molecule has 2 aliphatic rings. The minimum atomic E-state index is -1.28. The van der Waals surface area contributed by atoms with Gasteiger partial charge in [-0.3, -0.25) is 14.5 Å². The Bertz CT molecular complexity index is 1040. The molecule has 0 bridgehead atoms. The van der Waals surface area contributed by atoms with E-state index in [0.717, 1.165) is 16.0 Å². The molecule has 1 atom stereocenters. The van der Waals surface area contributed by atoms with Crippen LogP contribution in [0.3, 0.4) is 0 Å². The summed E-state index contributed by atoms with van der Waals surface area (Å²) in [6.07, 6.45) is 0.674. The number of urea groups is 1. The molecule has 2 N–H and O–H groups in total. The summed E-state index contributed by atoms with van der Waals surface area (Å²) in [6.45, 7) is 4.61. The maximum absolute atomic E-state index is 13.1. The van der Waals surface area contributed by atoms with Crippen LogP contribution in [-0.2, 0) is 21.5 Å². The molecule has 31 heavy (non-hydrogen) atoms. The van der Waals surface area contributed by atoms with Gasteiger partial charge in [-0.05, 0) is 49.1 Å². The second-order valence-corrected chi connectivity index (χ2v) is 7.83. The minimum Gasteiger partial charge on any atom is -0.486 e. The third kappa shape index (κ3) is 4.05. The van der Waals surface area contributed by atoms with E-state index in [2.05, 4.69) is 10.6 Å². The molecule has 2 aliphatic heterocycles. The zero-order valence-electron chi connectivity index (χ0n) is 17.6. The second-order valence-electron chi connectivity index (χ2n) is 7.83. The summed E-state index contributed by atoms with van der Waals surface area (Å²) < 4.78 is 11.1. The van der Waals surface area contributed by atoms with Crippen molar-refractivity contribution in [2.45, 2.75) is 25.8 Å². The van der Waals surface area contributed by atoms with Crippen LogP contribution in [0, 0.1) is 6.92 Å². The van der Waals surface area contributed by atoms with Crippen LogP contribution >= 0.6 is 0 Å². The van der Waals surface area contributed by atoms with Gasteiger partial charge in [0, 0.05) is 6.54 Å². The number of ether oxygens (including phenoxy) is 2. The van der Waals surface area contributed by atoms with E-state index in [1.807, 2.05) is 31.2 Å². The number of rotatable bonds is 6. The number of hydrogen-bond acceptors (Lipinski definition) is 5. The highest BCUT2D eigenvalue weighted by Gasteiger charge is 2.49. The Morgan fingerprint density at radius 1 is 1.13 bits per heavy atom. The molecule has 0 aliphatic carbocycles.